The lowest BCUT2D eigenvalue weighted by molar-refractivity contribution is -0.120. The van der Waals surface area contributed by atoms with Gasteiger partial charge in [-0.05, 0) is 56.1 Å². The number of amides is 3. The zero-order valence-corrected chi connectivity index (χ0v) is 16.6. The predicted octanol–water partition coefficient (Wildman–Crippen LogP) is 3.43. The van der Waals surface area contributed by atoms with Crippen LogP contribution in [0.4, 0.5) is 20.6 Å². The number of carbonyl (C=O) groups is 2. The zero-order chi connectivity index (χ0) is 19.4. The standard InChI is InChI=1S/C20H23FN4O2.ClH/c1-20(2,25-19(27)23-14-6-4-3-5-7-14)18(26)24-16-9-8-13-12-22-11-10-15(13)17(16)21;/h3-9,22H,10-12H2,1-2H3,(H,24,26)(H2,23,25,27);1H. The van der Waals surface area contributed by atoms with Crippen molar-refractivity contribution >= 4 is 35.7 Å². The van der Waals surface area contributed by atoms with Crippen molar-refractivity contribution in [2.24, 2.45) is 0 Å². The lowest BCUT2D eigenvalue weighted by Gasteiger charge is -2.26. The van der Waals surface area contributed by atoms with Crippen LogP contribution < -0.4 is 21.3 Å². The van der Waals surface area contributed by atoms with Gasteiger partial charge in [0.15, 0.2) is 0 Å². The van der Waals surface area contributed by atoms with E-state index in [1.165, 1.54) is 0 Å². The van der Waals surface area contributed by atoms with Crippen molar-refractivity contribution in [2.45, 2.75) is 32.4 Å². The average Bonchev–Trinajstić information content (AvgIpc) is 2.64. The van der Waals surface area contributed by atoms with E-state index >= 15 is 0 Å². The van der Waals surface area contributed by atoms with Gasteiger partial charge >= 0.3 is 6.03 Å². The van der Waals surface area contributed by atoms with Gasteiger partial charge in [0.1, 0.15) is 11.4 Å². The van der Waals surface area contributed by atoms with Crippen molar-refractivity contribution in [3.8, 4) is 0 Å². The third-order valence-electron chi connectivity index (χ3n) is 4.48. The van der Waals surface area contributed by atoms with E-state index < -0.39 is 23.3 Å². The summed E-state index contributed by atoms with van der Waals surface area (Å²) in [6, 6.07) is 11.8. The minimum Gasteiger partial charge on any atom is -0.324 e. The first kappa shape index (κ1) is 21.7. The summed E-state index contributed by atoms with van der Waals surface area (Å²) in [5.74, 6) is -0.912. The van der Waals surface area contributed by atoms with Gasteiger partial charge in [0.2, 0.25) is 5.91 Å². The van der Waals surface area contributed by atoms with Gasteiger partial charge in [0.25, 0.3) is 0 Å². The first-order valence-electron chi connectivity index (χ1n) is 8.83. The summed E-state index contributed by atoms with van der Waals surface area (Å²) in [5, 5.41) is 11.0. The number of benzene rings is 2. The van der Waals surface area contributed by atoms with Crippen molar-refractivity contribution in [3.05, 3.63) is 59.4 Å². The van der Waals surface area contributed by atoms with Crippen molar-refractivity contribution in [2.75, 3.05) is 17.2 Å². The fourth-order valence-electron chi connectivity index (χ4n) is 2.93. The van der Waals surface area contributed by atoms with Crippen LogP contribution in [0.5, 0.6) is 0 Å². The first-order chi connectivity index (χ1) is 12.9. The van der Waals surface area contributed by atoms with E-state index in [1.54, 1.807) is 44.2 Å². The zero-order valence-electron chi connectivity index (χ0n) is 15.8. The lowest BCUT2D eigenvalue weighted by Crippen LogP contribution is -2.53. The number of para-hydroxylation sites is 1. The molecule has 0 bridgehead atoms. The van der Waals surface area contributed by atoms with Gasteiger partial charge in [-0.15, -0.1) is 12.4 Å². The Bertz CT molecular complexity index is 859. The van der Waals surface area contributed by atoms with E-state index in [-0.39, 0.29) is 18.1 Å². The van der Waals surface area contributed by atoms with Gasteiger partial charge in [-0.1, -0.05) is 24.3 Å². The number of urea groups is 1. The molecule has 3 amide bonds. The maximum absolute atomic E-state index is 14.7. The molecule has 0 saturated heterocycles. The molecule has 1 aliphatic rings. The summed E-state index contributed by atoms with van der Waals surface area (Å²) in [7, 11) is 0. The van der Waals surface area contributed by atoms with Gasteiger partial charge in [-0.2, -0.15) is 0 Å². The van der Waals surface area contributed by atoms with Gasteiger partial charge < -0.3 is 21.3 Å². The van der Waals surface area contributed by atoms with E-state index in [4.69, 9.17) is 0 Å². The van der Waals surface area contributed by atoms with E-state index in [1.807, 2.05) is 12.1 Å². The SMILES string of the molecule is CC(C)(NC(=O)Nc1ccccc1)C(=O)Nc1ccc2c(c1F)CCNC2.Cl. The molecule has 0 radical (unpaired) electrons. The molecule has 0 aliphatic carbocycles. The maximum atomic E-state index is 14.7. The number of fused-ring (bicyclic) bond motifs is 1. The summed E-state index contributed by atoms with van der Waals surface area (Å²) in [4.78, 5) is 24.8. The molecule has 8 heteroatoms. The van der Waals surface area contributed by atoms with E-state index in [0.29, 0.717) is 30.8 Å². The van der Waals surface area contributed by atoms with Crippen LogP contribution in [0.25, 0.3) is 0 Å². The third-order valence-corrected chi connectivity index (χ3v) is 4.48. The van der Waals surface area contributed by atoms with E-state index in [2.05, 4.69) is 21.3 Å². The molecule has 150 valence electrons. The molecule has 28 heavy (non-hydrogen) atoms. The first-order valence-corrected chi connectivity index (χ1v) is 8.83. The van der Waals surface area contributed by atoms with Crippen LogP contribution in [0.2, 0.25) is 0 Å². The highest BCUT2D eigenvalue weighted by atomic mass is 35.5. The van der Waals surface area contributed by atoms with Crippen LogP contribution in [-0.2, 0) is 17.8 Å². The highest BCUT2D eigenvalue weighted by Gasteiger charge is 2.30. The molecule has 0 unspecified atom stereocenters. The Balaban J connectivity index is 0.00000280. The number of carbonyl (C=O) groups excluding carboxylic acids is 2. The number of anilines is 2. The molecule has 0 atom stereocenters. The van der Waals surface area contributed by atoms with Crippen molar-refractivity contribution < 1.29 is 14.0 Å². The van der Waals surface area contributed by atoms with Crippen molar-refractivity contribution in [3.63, 3.8) is 0 Å². The second-order valence-corrected chi connectivity index (χ2v) is 7.02. The second-order valence-electron chi connectivity index (χ2n) is 7.02. The van der Waals surface area contributed by atoms with E-state index in [0.717, 1.165) is 5.56 Å². The van der Waals surface area contributed by atoms with Crippen molar-refractivity contribution in [1.82, 2.24) is 10.6 Å². The molecular weight excluding hydrogens is 383 g/mol. The predicted molar refractivity (Wildman–Crippen MR) is 110 cm³/mol. The maximum Gasteiger partial charge on any atom is 0.320 e. The van der Waals surface area contributed by atoms with Gasteiger partial charge in [-0.3, -0.25) is 4.79 Å². The van der Waals surface area contributed by atoms with Gasteiger partial charge in [-0.25, -0.2) is 9.18 Å². The molecule has 2 aromatic rings. The molecule has 2 aromatic carbocycles. The monoisotopic (exact) mass is 406 g/mol. The Labute approximate surface area is 169 Å². The smallest absolute Gasteiger partial charge is 0.320 e. The van der Waals surface area contributed by atoms with Crippen LogP contribution in [0, 0.1) is 5.82 Å². The highest BCUT2D eigenvalue weighted by molar-refractivity contribution is 6.01. The lowest BCUT2D eigenvalue weighted by atomic mass is 9.99. The number of halogens is 2. The largest absolute Gasteiger partial charge is 0.324 e. The molecule has 3 rings (SSSR count). The minimum atomic E-state index is -1.23. The minimum absolute atomic E-state index is 0. The van der Waals surface area contributed by atoms with Crippen LogP contribution in [0.15, 0.2) is 42.5 Å². The summed E-state index contributed by atoms with van der Waals surface area (Å²) >= 11 is 0. The molecule has 6 nitrogen and oxygen atoms in total. The van der Waals surface area contributed by atoms with Crippen molar-refractivity contribution in [1.29, 1.82) is 0 Å². The van der Waals surface area contributed by atoms with Gasteiger partial charge in [0, 0.05) is 12.2 Å². The Hall–Kier alpha value is -2.64. The summed E-state index contributed by atoms with van der Waals surface area (Å²) in [6.45, 7) is 4.45. The fraction of sp³-hybridized carbons (Fsp3) is 0.300. The molecule has 0 saturated carbocycles. The van der Waals surface area contributed by atoms with Crippen LogP contribution in [0.1, 0.15) is 25.0 Å². The molecule has 4 N–H and O–H groups in total. The molecule has 0 spiro atoms. The number of nitrogens with one attached hydrogen (secondary N) is 4. The number of hydrogen-bond donors (Lipinski definition) is 4. The number of rotatable bonds is 4. The van der Waals surface area contributed by atoms with E-state index in [9.17, 15) is 14.0 Å². The second kappa shape index (κ2) is 9.03. The topological polar surface area (TPSA) is 82.3 Å². The van der Waals surface area contributed by atoms with Crippen LogP contribution in [0.3, 0.4) is 0 Å². The van der Waals surface area contributed by atoms with Gasteiger partial charge in [0.05, 0.1) is 5.69 Å². The fourth-order valence-corrected chi connectivity index (χ4v) is 2.93. The Morgan fingerprint density at radius 2 is 1.79 bits per heavy atom. The number of hydrogen-bond acceptors (Lipinski definition) is 3. The Morgan fingerprint density at radius 3 is 2.50 bits per heavy atom. The van der Waals surface area contributed by atoms with Crippen LogP contribution >= 0.6 is 12.4 Å². The normalized spacial score (nSPS) is 13.0. The Kier molecular flexibility index (Phi) is 6.99. The average molecular weight is 407 g/mol. The molecular formula is C20H24ClFN4O2. The highest BCUT2D eigenvalue weighted by Crippen LogP contribution is 2.25. The molecule has 0 fully saturated rings. The Morgan fingerprint density at radius 1 is 1.07 bits per heavy atom. The summed E-state index contributed by atoms with van der Waals surface area (Å²) in [5.41, 5.74) is 1.03. The summed E-state index contributed by atoms with van der Waals surface area (Å²) < 4.78 is 14.7. The third kappa shape index (κ3) is 4.99. The molecule has 0 aromatic heterocycles. The van der Waals surface area contributed by atoms with Crippen LogP contribution in [-0.4, -0.2) is 24.0 Å². The quantitative estimate of drug-likeness (QED) is 0.627. The molecule has 1 aliphatic heterocycles. The molecule has 1 heterocycles. The summed E-state index contributed by atoms with van der Waals surface area (Å²) in [6.07, 6.45) is 0.575.